The van der Waals surface area contributed by atoms with Crippen molar-refractivity contribution in [1.82, 2.24) is 0 Å². The molecule has 4 rings (SSSR count). The number of benzene rings is 2. The number of carbonyl (C=O) groups excluding carboxylic acids is 2. The summed E-state index contributed by atoms with van der Waals surface area (Å²) >= 11 is 0. The molecule has 0 radical (unpaired) electrons. The molecule has 1 saturated carbocycles. The molecule has 0 amide bonds. The number of ether oxygens (including phenoxy) is 4. The number of Topliss-reactive ketones (excluding diaryl/α,β-unsaturated/α-hetero) is 1. The van der Waals surface area contributed by atoms with Gasteiger partial charge in [-0.2, -0.15) is 0 Å². The molecule has 0 N–H and O–H groups in total. The maximum atomic E-state index is 12.6. The Morgan fingerprint density at radius 3 is 2.52 bits per heavy atom. The van der Waals surface area contributed by atoms with Crippen LogP contribution in [0.5, 0.6) is 17.2 Å². The first-order chi connectivity index (χ1) is 15.8. The van der Waals surface area contributed by atoms with E-state index >= 15 is 0 Å². The number of carbonyl (C=O) groups is 2. The molecule has 31 heavy (non-hydrogen) atoms. The summed E-state index contributed by atoms with van der Waals surface area (Å²) in [5.41, 5.74) is 2.49. The average molecular weight is 427 g/mol. The zero-order chi connectivity index (χ0) is 23.8. The van der Waals surface area contributed by atoms with Crippen LogP contribution in [0.2, 0.25) is 0 Å². The lowest BCUT2D eigenvalue weighted by Crippen LogP contribution is -2.28. The van der Waals surface area contributed by atoms with Crippen LogP contribution in [0.1, 0.15) is 51.8 Å². The highest BCUT2D eigenvalue weighted by atomic mass is 16.6. The molecule has 0 saturated heterocycles. The summed E-state index contributed by atoms with van der Waals surface area (Å²) in [5, 5.41) is 0. The van der Waals surface area contributed by atoms with Crippen molar-refractivity contribution in [2.24, 2.45) is 5.41 Å². The smallest absolute Gasteiger partial charge is 0.315 e. The third kappa shape index (κ3) is 3.87. The quantitative estimate of drug-likeness (QED) is 0.574. The molecular formula is C25H28O6. The second-order valence-corrected chi connectivity index (χ2v) is 8.37. The third-order valence-electron chi connectivity index (χ3n) is 5.90. The van der Waals surface area contributed by atoms with Crippen LogP contribution in [0.15, 0.2) is 30.3 Å². The molecule has 0 heterocycles. The minimum Gasteiger partial charge on any atom is -0.493 e. The highest BCUT2D eigenvalue weighted by Gasteiger charge is 2.53. The van der Waals surface area contributed by atoms with Crippen LogP contribution in [0.4, 0.5) is 0 Å². The molecule has 1 fully saturated rings. The lowest BCUT2D eigenvalue weighted by Gasteiger charge is -2.22. The molecule has 0 unspecified atom stereocenters. The molecule has 0 atom stereocenters. The molecule has 0 spiro atoms. The van der Waals surface area contributed by atoms with E-state index in [4.69, 9.17) is 21.7 Å². The van der Waals surface area contributed by atoms with Crippen LogP contribution in [-0.2, 0) is 16.0 Å². The van der Waals surface area contributed by atoms with Gasteiger partial charge < -0.3 is 18.9 Å². The molecule has 2 aromatic rings. The Labute approximate surface area is 185 Å². The van der Waals surface area contributed by atoms with Gasteiger partial charge >= 0.3 is 5.97 Å². The number of fused-ring (bicyclic) bond motifs is 1. The summed E-state index contributed by atoms with van der Waals surface area (Å²) in [6.07, 6.45) is 2.22. The maximum absolute atomic E-state index is 12.6. The van der Waals surface area contributed by atoms with E-state index in [0.717, 1.165) is 11.1 Å². The Kier molecular flexibility index (Phi) is 4.98. The predicted molar refractivity (Wildman–Crippen MR) is 116 cm³/mol. The van der Waals surface area contributed by atoms with Crippen molar-refractivity contribution in [3.8, 4) is 28.4 Å². The third-order valence-corrected chi connectivity index (χ3v) is 5.90. The number of rotatable bonds is 8. The minimum absolute atomic E-state index is 0.102. The van der Waals surface area contributed by atoms with Gasteiger partial charge in [0.15, 0.2) is 17.3 Å². The first-order valence-electron chi connectivity index (χ1n) is 11.6. The number of ketones is 1. The summed E-state index contributed by atoms with van der Waals surface area (Å²) in [5.74, 6) is 0.623. The van der Waals surface area contributed by atoms with E-state index in [-0.39, 0.29) is 36.0 Å². The van der Waals surface area contributed by atoms with E-state index < -0.39 is 12.5 Å². The number of esters is 1. The van der Waals surface area contributed by atoms with Gasteiger partial charge in [-0.1, -0.05) is 18.2 Å². The summed E-state index contributed by atoms with van der Waals surface area (Å²) in [4.78, 5) is 24.9. The van der Waals surface area contributed by atoms with Crippen molar-refractivity contribution in [1.29, 1.82) is 0 Å². The van der Waals surface area contributed by atoms with E-state index in [0.29, 0.717) is 42.6 Å². The van der Waals surface area contributed by atoms with E-state index in [1.54, 1.807) is 12.1 Å². The highest BCUT2D eigenvalue weighted by Crippen LogP contribution is 2.51. The molecule has 0 aromatic heterocycles. The highest BCUT2D eigenvalue weighted by molar-refractivity contribution is 6.02. The van der Waals surface area contributed by atoms with Gasteiger partial charge in [-0.05, 0) is 56.4 Å². The molecule has 2 aliphatic rings. The summed E-state index contributed by atoms with van der Waals surface area (Å²) < 4.78 is 37.5. The molecule has 2 aromatic carbocycles. The molecule has 0 aliphatic heterocycles. The zero-order valence-electron chi connectivity index (χ0n) is 20.0. The van der Waals surface area contributed by atoms with Gasteiger partial charge in [0.2, 0.25) is 5.75 Å². The SMILES string of the molecule is [2H]C([2H])Oc1ccc(-c2cccc3c2CCC3=O)c(OCC2(C(=O)OC(C)C)CC2)c1OC. The largest absolute Gasteiger partial charge is 0.493 e. The van der Waals surface area contributed by atoms with Gasteiger partial charge in [0.1, 0.15) is 12.0 Å². The van der Waals surface area contributed by atoms with Gasteiger partial charge in [0.25, 0.3) is 0 Å². The standard InChI is InChI=1S/C25H28O6/c1-15(2)31-24(27)25(12-13-25)14-30-22-19(9-11-21(28-3)23(22)29-4)16-6-5-7-18-17(16)8-10-20(18)26/h5-7,9,11,15H,8,10,12-14H2,1-4H3/i3D2. The minimum atomic E-state index is -1.55. The van der Waals surface area contributed by atoms with Crippen molar-refractivity contribution < 1.29 is 31.3 Å². The maximum Gasteiger partial charge on any atom is 0.315 e. The van der Waals surface area contributed by atoms with Gasteiger partial charge in [-0.3, -0.25) is 9.59 Å². The van der Waals surface area contributed by atoms with Crippen molar-refractivity contribution in [2.75, 3.05) is 20.8 Å². The molecule has 2 aliphatic carbocycles. The Morgan fingerprint density at radius 1 is 1.06 bits per heavy atom. The van der Waals surface area contributed by atoms with E-state index in [9.17, 15) is 9.59 Å². The van der Waals surface area contributed by atoms with Crippen molar-refractivity contribution in [3.63, 3.8) is 0 Å². The van der Waals surface area contributed by atoms with Crippen molar-refractivity contribution in [2.45, 2.75) is 45.6 Å². The lowest BCUT2D eigenvalue weighted by molar-refractivity contribution is -0.155. The van der Waals surface area contributed by atoms with Crippen LogP contribution >= 0.6 is 0 Å². The molecule has 6 heteroatoms. The number of methoxy groups -OCH3 is 2. The fourth-order valence-electron chi connectivity index (χ4n) is 4.04. The molecule has 164 valence electrons. The van der Waals surface area contributed by atoms with E-state index in [1.165, 1.54) is 7.11 Å². The van der Waals surface area contributed by atoms with E-state index in [1.807, 2.05) is 32.0 Å². The van der Waals surface area contributed by atoms with Gasteiger partial charge in [-0.15, -0.1) is 0 Å². The fraction of sp³-hybridized carbons (Fsp3) is 0.440. The normalized spacial score (nSPS) is 17.1. The van der Waals surface area contributed by atoms with Crippen LogP contribution in [0, 0.1) is 5.41 Å². The topological polar surface area (TPSA) is 71.1 Å². The first kappa shape index (κ1) is 18.7. The molecule has 0 bridgehead atoms. The Hall–Kier alpha value is -3.02. The summed E-state index contributed by atoms with van der Waals surface area (Å²) in [7, 11) is -0.0902. The summed E-state index contributed by atoms with van der Waals surface area (Å²) in [6.45, 7) is 3.73. The Bertz CT molecular complexity index is 1070. The van der Waals surface area contributed by atoms with Gasteiger partial charge in [-0.25, -0.2) is 0 Å². The average Bonchev–Trinajstić information content (AvgIpc) is 3.47. The van der Waals surface area contributed by atoms with Crippen LogP contribution in [0.25, 0.3) is 11.1 Å². The van der Waals surface area contributed by atoms with E-state index in [2.05, 4.69) is 0 Å². The molecular weight excluding hydrogens is 396 g/mol. The second kappa shape index (κ2) is 8.25. The Morgan fingerprint density at radius 2 is 1.84 bits per heavy atom. The number of hydrogen-bond acceptors (Lipinski definition) is 6. The summed E-state index contributed by atoms with van der Waals surface area (Å²) in [6, 6.07) is 9.00. The molecule has 6 nitrogen and oxygen atoms in total. The van der Waals surface area contributed by atoms with Crippen LogP contribution in [0.3, 0.4) is 0 Å². The first-order valence-corrected chi connectivity index (χ1v) is 10.5. The van der Waals surface area contributed by atoms with Crippen LogP contribution < -0.4 is 14.2 Å². The fourth-order valence-corrected chi connectivity index (χ4v) is 4.04. The lowest BCUT2D eigenvalue weighted by atomic mass is 9.95. The van der Waals surface area contributed by atoms with Crippen LogP contribution in [-0.4, -0.2) is 38.6 Å². The number of hydrogen-bond donors (Lipinski definition) is 0. The zero-order valence-corrected chi connectivity index (χ0v) is 18.0. The van der Waals surface area contributed by atoms with Gasteiger partial charge in [0.05, 0.1) is 23.0 Å². The van der Waals surface area contributed by atoms with Gasteiger partial charge in [0, 0.05) is 17.5 Å². The van der Waals surface area contributed by atoms with Crippen molar-refractivity contribution in [3.05, 3.63) is 41.5 Å². The van der Waals surface area contributed by atoms with Crippen molar-refractivity contribution >= 4 is 11.8 Å². The Balaban J connectivity index is 1.76. The second-order valence-electron chi connectivity index (χ2n) is 8.37. The monoisotopic (exact) mass is 426 g/mol. The predicted octanol–water partition coefficient (Wildman–Crippen LogP) is 4.61.